The van der Waals surface area contributed by atoms with Crippen LogP contribution in [0.4, 0.5) is 0 Å². The summed E-state index contributed by atoms with van der Waals surface area (Å²) in [7, 11) is 0. The predicted molar refractivity (Wildman–Crippen MR) is 89.7 cm³/mol. The Hall–Kier alpha value is -1.49. The second kappa shape index (κ2) is 7.18. The molecule has 1 N–H and O–H groups in total. The van der Waals surface area contributed by atoms with Crippen LogP contribution in [0.2, 0.25) is 0 Å². The molecular formula is C17H24N2O2S. The number of nitrogens with zero attached hydrogens (tertiary/aromatic N) is 1. The van der Waals surface area contributed by atoms with Gasteiger partial charge in [-0.15, -0.1) is 11.8 Å². The molecular weight excluding hydrogens is 296 g/mol. The molecule has 120 valence electrons. The molecule has 1 aromatic carbocycles. The highest BCUT2D eigenvalue weighted by molar-refractivity contribution is 7.98. The van der Waals surface area contributed by atoms with Crippen molar-refractivity contribution in [1.82, 2.24) is 10.2 Å². The first kappa shape index (κ1) is 16.9. The summed E-state index contributed by atoms with van der Waals surface area (Å²) in [5, 5.41) is 2.99. The number of likely N-dealkylation sites (tertiary alicyclic amines) is 1. The van der Waals surface area contributed by atoms with Crippen molar-refractivity contribution in [3.05, 3.63) is 29.8 Å². The molecule has 0 aliphatic carbocycles. The second-order valence-electron chi connectivity index (χ2n) is 5.81. The standard InChI is InChI=1S/C17H24N2O2S/c1-4-15(20)19-11-5-10-17(19,2)16(21)18-12-13-6-8-14(22-3)9-7-13/h6-9H,4-5,10-12H2,1-3H3,(H,18,21). The maximum Gasteiger partial charge on any atom is 0.245 e. The van der Waals surface area contributed by atoms with Crippen LogP contribution in [-0.4, -0.2) is 35.1 Å². The van der Waals surface area contributed by atoms with Gasteiger partial charge in [0.2, 0.25) is 11.8 Å². The Bertz CT molecular complexity index is 544. The zero-order valence-corrected chi connectivity index (χ0v) is 14.3. The van der Waals surface area contributed by atoms with Crippen LogP contribution < -0.4 is 5.32 Å². The zero-order chi connectivity index (χ0) is 16.2. The summed E-state index contributed by atoms with van der Waals surface area (Å²) in [5.41, 5.74) is 0.368. The number of benzene rings is 1. The third-order valence-corrected chi connectivity index (χ3v) is 5.09. The molecule has 1 saturated heterocycles. The summed E-state index contributed by atoms with van der Waals surface area (Å²) in [6.07, 6.45) is 4.10. The Balaban J connectivity index is 1.99. The fraction of sp³-hybridized carbons (Fsp3) is 0.529. The molecule has 2 amide bonds. The lowest BCUT2D eigenvalue weighted by molar-refractivity contribution is -0.143. The first-order valence-corrected chi connectivity index (χ1v) is 8.95. The van der Waals surface area contributed by atoms with Crippen molar-refractivity contribution in [1.29, 1.82) is 0 Å². The molecule has 0 bridgehead atoms. The Morgan fingerprint density at radius 3 is 2.59 bits per heavy atom. The van der Waals surface area contributed by atoms with Crippen LogP contribution in [0, 0.1) is 0 Å². The summed E-state index contributed by atoms with van der Waals surface area (Å²) in [4.78, 5) is 27.5. The van der Waals surface area contributed by atoms with Crippen LogP contribution in [0.3, 0.4) is 0 Å². The average molecular weight is 320 g/mol. The van der Waals surface area contributed by atoms with E-state index in [4.69, 9.17) is 0 Å². The van der Waals surface area contributed by atoms with Crippen LogP contribution in [0.1, 0.15) is 38.7 Å². The maximum atomic E-state index is 12.6. The summed E-state index contributed by atoms with van der Waals surface area (Å²) < 4.78 is 0. The van der Waals surface area contributed by atoms with E-state index in [1.165, 1.54) is 4.90 Å². The minimum absolute atomic E-state index is 0.0549. The molecule has 2 rings (SSSR count). The zero-order valence-electron chi connectivity index (χ0n) is 13.5. The van der Waals surface area contributed by atoms with E-state index >= 15 is 0 Å². The van der Waals surface area contributed by atoms with Crippen molar-refractivity contribution < 1.29 is 9.59 Å². The number of hydrogen-bond donors (Lipinski definition) is 1. The first-order chi connectivity index (χ1) is 10.5. The monoisotopic (exact) mass is 320 g/mol. The van der Waals surface area contributed by atoms with Gasteiger partial charge in [-0.1, -0.05) is 19.1 Å². The number of amides is 2. The lowest BCUT2D eigenvalue weighted by atomic mass is 9.97. The number of nitrogens with one attached hydrogen (secondary N) is 1. The van der Waals surface area contributed by atoms with Crippen molar-refractivity contribution in [3.8, 4) is 0 Å². The van der Waals surface area contributed by atoms with Gasteiger partial charge in [-0.2, -0.15) is 0 Å². The highest BCUT2D eigenvalue weighted by atomic mass is 32.2. The van der Waals surface area contributed by atoms with E-state index in [1.54, 1.807) is 16.7 Å². The molecule has 0 saturated carbocycles. The van der Waals surface area contributed by atoms with Gasteiger partial charge in [-0.25, -0.2) is 0 Å². The Labute approximate surface area is 136 Å². The summed E-state index contributed by atoms with van der Waals surface area (Å²) in [6.45, 7) is 4.89. The highest BCUT2D eigenvalue weighted by Gasteiger charge is 2.44. The van der Waals surface area contributed by atoms with Crippen molar-refractivity contribution in [3.63, 3.8) is 0 Å². The van der Waals surface area contributed by atoms with Crippen molar-refractivity contribution in [2.24, 2.45) is 0 Å². The van der Waals surface area contributed by atoms with E-state index in [0.717, 1.165) is 18.4 Å². The summed E-state index contributed by atoms with van der Waals surface area (Å²) in [6, 6.07) is 8.16. The van der Waals surface area contributed by atoms with E-state index < -0.39 is 5.54 Å². The lowest BCUT2D eigenvalue weighted by Crippen LogP contribution is -2.55. The minimum Gasteiger partial charge on any atom is -0.350 e. The van der Waals surface area contributed by atoms with E-state index in [-0.39, 0.29) is 11.8 Å². The molecule has 5 heteroatoms. The third kappa shape index (κ3) is 3.46. The van der Waals surface area contributed by atoms with Gasteiger partial charge >= 0.3 is 0 Å². The van der Waals surface area contributed by atoms with Gasteiger partial charge < -0.3 is 10.2 Å². The van der Waals surface area contributed by atoms with E-state index in [2.05, 4.69) is 17.4 Å². The largest absolute Gasteiger partial charge is 0.350 e. The molecule has 1 unspecified atom stereocenters. The number of hydrogen-bond acceptors (Lipinski definition) is 3. The molecule has 1 fully saturated rings. The minimum atomic E-state index is -0.702. The van der Waals surface area contributed by atoms with Gasteiger partial charge in [0.15, 0.2) is 0 Å². The van der Waals surface area contributed by atoms with E-state index in [1.807, 2.05) is 32.2 Å². The third-order valence-electron chi connectivity index (χ3n) is 4.35. The van der Waals surface area contributed by atoms with Crippen LogP contribution in [-0.2, 0) is 16.1 Å². The van der Waals surface area contributed by atoms with Gasteiger partial charge in [0.1, 0.15) is 5.54 Å². The summed E-state index contributed by atoms with van der Waals surface area (Å²) in [5.74, 6) is 0.000201. The smallest absolute Gasteiger partial charge is 0.245 e. The molecule has 0 spiro atoms. The molecule has 1 heterocycles. The number of carbonyl (C=O) groups excluding carboxylic acids is 2. The first-order valence-electron chi connectivity index (χ1n) is 7.73. The van der Waals surface area contributed by atoms with Crippen molar-refractivity contribution in [2.45, 2.75) is 50.1 Å². The lowest BCUT2D eigenvalue weighted by Gasteiger charge is -2.33. The number of carbonyl (C=O) groups is 2. The fourth-order valence-electron chi connectivity index (χ4n) is 2.91. The molecule has 1 aliphatic rings. The average Bonchev–Trinajstić information content (AvgIpc) is 2.95. The normalized spacial score (nSPS) is 21.0. The molecule has 22 heavy (non-hydrogen) atoms. The molecule has 1 atom stereocenters. The summed E-state index contributed by atoms with van der Waals surface area (Å²) >= 11 is 1.70. The van der Waals surface area contributed by atoms with Crippen LogP contribution in [0.25, 0.3) is 0 Å². The van der Waals surface area contributed by atoms with Crippen LogP contribution in [0.15, 0.2) is 29.2 Å². The molecule has 0 radical (unpaired) electrons. The quantitative estimate of drug-likeness (QED) is 0.849. The van der Waals surface area contributed by atoms with Crippen molar-refractivity contribution in [2.75, 3.05) is 12.8 Å². The maximum absolute atomic E-state index is 12.6. The second-order valence-corrected chi connectivity index (χ2v) is 6.69. The molecule has 4 nitrogen and oxygen atoms in total. The van der Waals surface area contributed by atoms with Crippen LogP contribution >= 0.6 is 11.8 Å². The topological polar surface area (TPSA) is 49.4 Å². The number of rotatable bonds is 5. The molecule has 1 aliphatic heterocycles. The Kier molecular flexibility index (Phi) is 5.51. The predicted octanol–water partition coefficient (Wildman–Crippen LogP) is 2.82. The molecule has 1 aromatic rings. The van der Waals surface area contributed by atoms with Crippen LogP contribution in [0.5, 0.6) is 0 Å². The van der Waals surface area contributed by atoms with Crippen molar-refractivity contribution >= 4 is 23.6 Å². The highest BCUT2D eigenvalue weighted by Crippen LogP contribution is 2.30. The van der Waals surface area contributed by atoms with E-state index in [0.29, 0.717) is 19.5 Å². The number of thioether (sulfide) groups is 1. The van der Waals surface area contributed by atoms with Gasteiger partial charge in [-0.3, -0.25) is 9.59 Å². The molecule has 0 aromatic heterocycles. The van der Waals surface area contributed by atoms with Gasteiger partial charge in [0, 0.05) is 24.4 Å². The Morgan fingerprint density at radius 2 is 2.00 bits per heavy atom. The van der Waals surface area contributed by atoms with Gasteiger partial charge in [-0.05, 0) is 43.7 Å². The van der Waals surface area contributed by atoms with Gasteiger partial charge in [0.25, 0.3) is 0 Å². The van der Waals surface area contributed by atoms with Gasteiger partial charge in [0.05, 0.1) is 0 Å². The fourth-order valence-corrected chi connectivity index (χ4v) is 3.31. The van der Waals surface area contributed by atoms with E-state index in [9.17, 15) is 9.59 Å². The Morgan fingerprint density at radius 1 is 1.32 bits per heavy atom. The SMILES string of the molecule is CCC(=O)N1CCCC1(C)C(=O)NCc1ccc(SC)cc1.